The molecule has 1 amide bonds. The second-order valence-corrected chi connectivity index (χ2v) is 7.39. The summed E-state index contributed by atoms with van der Waals surface area (Å²) in [6, 6.07) is 10.4. The van der Waals surface area contributed by atoms with Gasteiger partial charge in [-0.2, -0.15) is 5.10 Å². The molecule has 0 fully saturated rings. The number of carbonyl (C=O) groups is 1. The first-order valence-corrected chi connectivity index (χ1v) is 9.80. The Balaban J connectivity index is 1.42. The Labute approximate surface area is 169 Å². The van der Waals surface area contributed by atoms with Gasteiger partial charge in [-0.1, -0.05) is 18.2 Å². The van der Waals surface area contributed by atoms with Gasteiger partial charge in [-0.15, -0.1) is 0 Å². The molecule has 0 spiro atoms. The molecule has 6 nitrogen and oxygen atoms in total. The molecule has 29 heavy (non-hydrogen) atoms. The van der Waals surface area contributed by atoms with Crippen LogP contribution in [0.15, 0.2) is 48.8 Å². The number of pyridine rings is 1. The van der Waals surface area contributed by atoms with E-state index in [2.05, 4.69) is 20.7 Å². The molecule has 0 unspecified atom stereocenters. The number of aryl methyl sites for hydroxylation is 1. The van der Waals surface area contributed by atoms with Crippen LogP contribution in [0.3, 0.4) is 0 Å². The van der Waals surface area contributed by atoms with E-state index in [0.717, 1.165) is 48.2 Å². The number of nitrogens with one attached hydrogen (secondary N) is 2. The zero-order valence-electron chi connectivity index (χ0n) is 16.4. The van der Waals surface area contributed by atoms with Gasteiger partial charge in [0, 0.05) is 49.8 Å². The molecule has 0 bridgehead atoms. The lowest BCUT2D eigenvalue weighted by molar-refractivity contribution is 0.0944. The summed E-state index contributed by atoms with van der Waals surface area (Å²) in [6.45, 7) is 1.09. The molecule has 0 aliphatic heterocycles. The second kappa shape index (κ2) is 8.53. The minimum Gasteiger partial charge on any atom is -0.347 e. The Morgan fingerprint density at radius 1 is 1.21 bits per heavy atom. The molecule has 0 saturated heterocycles. The maximum atomic E-state index is 13.0. The number of rotatable bonds is 6. The predicted octanol–water partition coefficient (Wildman–Crippen LogP) is 2.53. The third-order valence-corrected chi connectivity index (χ3v) is 5.35. The number of aromatic nitrogens is 3. The van der Waals surface area contributed by atoms with Crippen LogP contribution < -0.4 is 10.6 Å². The highest BCUT2D eigenvalue weighted by Crippen LogP contribution is 2.24. The topological polar surface area (TPSA) is 71.8 Å². The van der Waals surface area contributed by atoms with Gasteiger partial charge in [0.15, 0.2) is 5.69 Å². The van der Waals surface area contributed by atoms with Crippen LogP contribution in [0, 0.1) is 5.82 Å². The van der Waals surface area contributed by atoms with Crippen LogP contribution in [0.25, 0.3) is 0 Å². The first-order chi connectivity index (χ1) is 14.1. The van der Waals surface area contributed by atoms with Gasteiger partial charge >= 0.3 is 0 Å². The van der Waals surface area contributed by atoms with Gasteiger partial charge in [-0.25, -0.2) is 4.39 Å². The molecule has 2 heterocycles. The molecule has 1 aliphatic rings. The maximum absolute atomic E-state index is 13.0. The number of halogens is 1. The van der Waals surface area contributed by atoms with E-state index in [1.54, 1.807) is 18.3 Å². The molecule has 150 valence electrons. The van der Waals surface area contributed by atoms with E-state index in [1.807, 2.05) is 30.1 Å². The Morgan fingerprint density at radius 2 is 2.03 bits per heavy atom. The molecule has 1 atom stereocenters. The Bertz CT molecular complexity index is 984. The fourth-order valence-electron chi connectivity index (χ4n) is 3.78. The molecule has 0 radical (unpaired) electrons. The molecule has 1 aliphatic carbocycles. The van der Waals surface area contributed by atoms with Crippen molar-refractivity contribution in [3.63, 3.8) is 0 Å². The summed E-state index contributed by atoms with van der Waals surface area (Å²) in [5.41, 5.74) is 4.61. The third-order valence-electron chi connectivity index (χ3n) is 5.35. The van der Waals surface area contributed by atoms with Crippen molar-refractivity contribution in [1.82, 2.24) is 25.4 Å². The van der Waals surface area contributed by atoms with Crippen LogP contribution in [0.1, 0.15) is 39.3 Å². The molecule has 2 aromatic heterocycles. The van der Waals surface area contributed by atoms with Gasteiger partial charge in [-0.3, -0.25) is 14.5 Å². The SMILES string of the molecule is Cn1nc(C(=O)NCc2ccc(F)cc2)c2c1CC[C@H](NCc1cccnc1)C2. The van der Waals surface area contributed by atoms with Crippen LogP contribution in [-0.2, 0) is 33.0 Å². The van der Waals surface area contributed by atoms with Crippen molar-refractivity contribution in [2.24, 2.45) is 7.05 Å². The number of carbonyl (C=O) groups excluding carboxylic acids is 1. The third kappa shape index (κ3) is 4.51. The lowest BCUT2D eigenvalue weighted by atomic mass is 9.91. The highest BCUT2D eigenvalue weighted by Gasteiger charge is 2.28. The van der Waals surface area contributed by atoms with Crippen molar-refractivity contribution in [1.29, 1.82) is 0 Å². The number of fused-ring (bicyclic) bond motifs is 1. The molecular formula is C22H24FN5O. The Hall–Kier alpha value is -3.06. The van der Waals surface area contributed by atoms with Gasteiger partial charge in [0.1, 0.15) is 5.82 Å². The monoisotopic (exact) mass is 393 g/mol. The van der Waals surface area contributed by atoms with Crippen LogP contribution in [0.5, 0.6) is 0 Å². The van der Waals surface area contributed by atoms with E-state index in [-0.39, 0.29) is 17.8 Å². The summed E-state index contributed by atoms with van der Waals surface area (Å²) in [5, 5.41) is 11.0. The molecule has 0 saturated carbocycles. The fraction of sp³-hybridized carbons (Fsp3) is 0.318. The van der Waals surface area contributed by atoms with E-state index >= 15 is 0 Å². The molecular weight excluding hydrogens is 369 g/mol. The van der Waals surface area contributed by atoms with Crippen molar-refractivity contribution in [2.45, 2.75) is 38.4 Å². The molecule has 4 rings (SSSR count). The van der Waals surface area contributed by atoms with Gasteiger partial charge < -0.3 is 10.6 Å². The smallest absolute Gasteiger partial charge is 0.272 e. The first-order valence-electron chi connectivity index (χ1n) is 9.80. The van der Waals surface area contributed by atoms with E-state index < -0.39 is 0 Å². The Morgan fingerprint density at radius 3 is 2.79 bits per heavy atom. The summed E-state index contributed by atoms with van der Waals surface area (Å²) >= 11 is 0. The average molecular weight is 393 g/mol. The summed E-state index contributed by atoms with van der Waals surface area (Å²) in [6.07, 6.45) is 6.28. The quantitative estimate of drug-likeness (QED) is 0.675. The Kier molecular flexibility index (Phi) is 5.67. The molecule has 3 aromatic rings. The van der Waals surface area contributed by atoms with Crippen molar-refractivity contribution in [3.8, 4) is 0 Å². The van der Waals surface area contributed by atoms with Crippen LogP contribution in [-0.4, -0.2) is 26.7 Å². The zero-order chi connectivity index (χ0) is 20.2. The number of nitrogens with zero attached hydrogens (tertiary/aromatic N) is 3. The summed E-state index contributed by atoms with van der Waals surface area (Å²) < 4.78 is 14.9. The standard InChI is InChI=1S/C22H24FN5O/c1-28-20-9-8-18(25-14-16-3-2-10-24-12-16)11-19(20)21(27-28)22(29)26-13-15-4-6-17(23)7-5-15/h2-7,10,12,18,25H,8-9,11,13-14H2,1H3,(H,26,29)/t18-/m0/s1. The second-order valence-electron chi connectivity index (χ2n) is 7.39. The lowest BCUT2D eigenvalue weighted by Crippen LogP contribution is -2.35. The van der Waals surface area contributed by atoms with E-state index in [1.165, 1.54) is 12.1 Å². The van der Waals surface area contributed by atoms with Crippen LogP contribution in [0.4, 0.5) is 4.39 Å². The van der Waals surface area contributed by atoms with Crippen molar-refractivity contribution >= 4 is 5.91 Å². The van der Waals surface area contributed by atoms with Crippen LogP contribution >= 0.6 is 0 Å². The number of hydrogen-bond donors (Lipinski definition) is 2. The van der Waals surface area contributed by atoms with E-state index in [4.69, 9.17) is 0 Å². The summed E-state index contributed by atoms with van der Waals surface area (Å²) in [5.74, 6) is -0.484. The van der Waals surface area contributed by atoms with Crippen molar-refractivity contribution in [2.75, 3.05) is 0 Å². The summed E-state index contributed by atoms with van der Waals surface area (Å²) in [4.78, 5) is 16.9. The van der Waals surface area contributed by atoms with Gasteiger partial charge in [0.25, 0.3) is 5.91 Å². The van der Waals surface area contributed by atoms with E-state index in [9.17, 15) is 9.18 Å². The largest absolute Gasteiger partial charge is 0.347 e. The fourth-order valence-corrected chi connectivity index (χ4v) is 3.78. The molecule has 2 N–H and O–H groups in total. The summed E-state index contributed by atoms with van der Waals surface area (Å²) in [7, 11) is 1.89. The van der Waals surface area contributed by atoms with Crippen LogP contribution in [0.2, 0.25) is 0 Å². The lowest BCUT2D eigenvalue weighted by Gasteiger charge is -2.24. The van der Waals surface area contributed by atoms with E-state index in [0.29, 0.717) is 12.2 Å². The normalized spacial score (nSPS) is 15.7. The van der Waals surface area contributed by atoms with Gasteiger partial charge in [0.2, 0.25) is 0 Å². The van der Waals surface area contributed by atoms with Crippen molar-refractivity contribution < 1.29 is 9.18 Å². The van der Waals surface area contributed by atoms with Crippen molar-refractivity contribution in [3.05, 3.63) is 82.7 Å². The van der Waals surface area contributed by atoms with Gasteiger partial charge in [0.05, 0.1) is 0 Å². The number of amides is 1. The minimum absolute atomic E-state index is 0.195. The molecule has 1 aromatic carbocycles. The number of hydrogen-bond acceptors (Lipinski definition) is 4. The minimum atomic E-state index is -0.288. The average Bonchev–Trinajstić information content (AvgIpc) is 3.08. The zero-order valence-corrected chi connectivity index (χ0v) is 16.4. The molecule has 7 heteroatoms. The highest BCUT2D eigenvalue weighted by atomic mass is 19.1. The van der Waals surface area contributed by atoms with Gasteiger partial charge in [-0.05, 0) is 48.6 Å². The highest BCUT2D eigenvalue weighted by molar-refractivity contribution is 5.94. The maximum Gasteiger partial charge on any atom is 0.272 e. The first kappa shape index (κ1) is 19.3. The predicted molar refractivity (Wildman–Crippen MR) is 108 cm³/mol. The number of benzene rings is 1.